The van der Waals surface area contributed by atoms with Crippen molar-refractivity contribution in [3.8, 4) is 0 Å². The predicted octanol–water partition coefficient (Wildman–Crippen LogP) is 0.980. The molecule has 1 aromatic heterocycles. The van der Waals surface area contributed by atoms with Gasteiger partial charge in [0, 0.05) is 19.3 Å². The van der Waals surface area contributed by atoms with Gasteiger partial charge in [0.15, 0.2) is 0 Å². The third-order valence-electron chi connectivity index (χ3n) is 3.01. The summed E-state index contributed by atoms with van der Waals surface area (Å²) >= 11 is 0. The van der Waals surface area contributed by atoms with Gasteiger partial charge >= 0.3 is 0 Å². The number of ether oxygens (including phenoxy) is 1. The Morgan fingerprint density at radius 1 is 1.50 bits per heavy atom. The lowest BCUT2D eigenvalue weighted by Gasteiger charge is -2.30. The van der Waals surface area contributed by atoms with Crippen LogP contribution >= 0.6 is 0 Å². The summed E-state index contributed by atoms with van der Waals surface area (Å²) in [7, 11) is 0. The van der Waals surface area contributed by atoms with E-state index in [1.165, 1.54) is 5.56 Å². The molecule has 0 radical (unpaired) electrons. The average Bonchev–Trinajstić information content (AvgIpc) is 2.39. The van der Waals surface area contributed by atoms with Gasteiger partial charge in [-0.15, -0.1) is 0 Å². The average molecular weight is 221 g/mol. The van der Waals surface area contributed by atoms with Gasteiger partial charge in [-0.05, 0) is 24.1 Å². The van der Waals surface area contributed by atoms with Gasteiger partial charge < -0.3 is 15.4 Å². The summed E-state index contributed by atoms with van der Waals surface area (Å²) in [6.45, 7) is 6.20. The number of hydrogen-bond acceptors (Lipinski definition) is 4. The Morgan fingerprint density at radius 2 is 2.25 bits per heavy atom. The van der Waals surface area contributed by atoms with Crippen LogP contribution in [0.1, 0.15) is 18.4 Å². The molecule has 4 nitrogen and oxygen atoms in total. The summed E-state index contributed by atoms with van der Waals surface area (Å²) in [6.07, 6.45) is 1.84. The number of pyridine rings is 1. The number of aromatic nitrogens is 1. The molecule has 0 saturated carbocycles. The Morgan fingerprint density at radius 3 is 2.94 bits per heavy atom. The van der Waals surface area contributed by atoms with Crippen molar-refractivity contribution in [1.82, 2.24) is 4.98 Å². The molecule has 1 aliphatic heterocycles. The topological polar surface area (TPSA) is 51.4 Å². The van der Waals surface area contributed by atoms with Crippen LogP contribution in [-0.2, 0) is 4.74 Å². The van der Waals surface area contributed by atoms with Gasteiger partial charge in [0.1, 0.15) is 5.82 Å². The van der Waals surface area contributed by atoms with Crippen molar-refractivity contribution < 1.29 is 4.74 Å². The molecular formula is C12H19N3O. The van der Waals surface area contributed by atoms with Crippen molar-refractivity contribution >= 4 is 5.82 Å². The standard InChI is InChI=1S/C12H19N3O/c1-10(9-13)11-3-2-4-14-12(11)15-5-7-16-8-6-15/h2-4,10H,5-9,13H2,1H3. The maximum Gasteiger partial charge on any atom is 0.132 e. The molecule has 0 spiro atoms. The Hall–Kier alpha value is -1.13. The van der Waals surface area contributed by atoms with E-state index in [1.807, 2.05) is 12.3 Å². The maximum absolute atomic E-state index is 5.73. The highest BCUT2D eigenvalue weighted by Crippen LogP contribution is 2.25. The number of morpholine rings is 1. The van der Waals surface area contributed by atoms with Crippen LogP contribution in [0.25, 0.3) is 0 Å². The molecule has 0 aromatic carbocycles. The molecule has 1 saturated heterocycles. The van der Waals surface area contributed by atoms with Gasteiger partial charge in [-0.1, -0.05) is 13.0 Å². The fourth-order valence-corrected chi connectivity index (χ4v) is 1.96. The highest BCUT2D eigenvalue weighted by molar-refractivity contribution is 5.48. The van der Waals surface area contributed by atoms with Gasteiger partial charge in [-0.25, -0.2) is 4.98 Å². The van der Waals surface area contributed by atoms with Crippen LogP contribution in [0.5, 0.6) is 0 Å². The van der Waals surface area contributed by atoms with Crippen LogP contribution in [-0.4, -0.2) is 37.8 Å². The Labute approximate surface area is 96.4 Å². The van der Waals surface area contributed by atoms with E-state index in [4.69, 9.17) is 10.5 Å². The molecule has 1 fully saturated rings. The lowest BCUT2D eigenvalue weighted by Crippen LogP contribution is -2.37. The van der Waals surface area contributed by atoms with Crippen LogP contribution in [0.3, 0.4) is 0 Å². The van der Waals surface area contributed by atoms with Crippen LogP contribution in [0.15, 0.2) is 18.3 Å². The van der Waals surface area contributed by atoms with Gasteiger partial charge in [-0.3, -0.25) is 0 Å². The van der Waals surface area contributed by atoms with E-state index >= 15 is 0 Å². The second-order valence-corrected chi connectivity index (χ2v) is 4.15. The summed E-state index contributed by atoms with van der Waals surface area (Å²) < 4.78 is 5.35. The highest BCUT2D eigenvalue weighted by Gasteiger charge is 2.18. The molecule has 0 amide bonds. The number of nitrogens with two attached hydrogens (primary N) is 1. The van der Waals surface area contributed by atoms with Crippen molar-refractivity contribution in [3.05, 3.63) is 23.9 Å². The zero-order valence-electron chi connectivity index (χ0n) is 9.72. The zero-order chi connectivity index (χ0) is 11.4. The second kappa shape index (κ2) is 5.27. The normalized spacial score (nSPS) is 18.5. The van der Waals surface area contributed by atoms with E-state index in [9.17, 15) is 0 Å². The first kappa shape index (κ1) is 11.4. The number of hydrogen-bond donors (Lipinski definition) is 1. The number of nitrogens with zero attached hydrogens (tertiary/aromatic N) is 2. The molecule has 88 valence electrons. The predicted molar refractivity (Wildman–Crippen MR) is 64.7 cm³/mol. The van der Waals surface area contributed by atoms with Crippen LogP contribution < -0.4 is 10.6 Å². The second-order valence-electron chi connectivity index (χ2n) is 4.15. The monoisotopic (exact) mass is 221 g/mol. The molecule has 2 rings (SSSR count). The Bertz CT molecular complexity index is 337. The van der Waals surface area contributed by atoms with Crippen LogP contribution in [0.4, 0.5) is 5.82 Å². The molecule has 0 bridgehead atoms. The summed E-state index contributed by atoms with van der Waals surface area (Å²) in [5, 5.41) is 0. The van der Waals surface area contributed by atoms with E-state index in [0.717, 1.165) is 32.1 Å². The van der Waals surface area contributed by atoms with E-state index < -0.39 is 0 Å². The Kier molecular flexibility index (Phi) is 3.74. The Balaban J connectivity index is 2.24. The molecule has 0 aliphatic carbocycles. The summed E-state index contributed by atoms with van der Waals surface area (Å²) in [5.41, 5.74) is 6.97. The third-order valence-corrected chi connectivity index (χ3v) is 3.01. The minimum atomic E-state index is 0.353. The first-order chi connectivity index (χ1) is 7.83. The molecule has 2 heterocycles. The third kappa shape index (κ3) is 2.33. The van der Waals surface area contributed by atoms with E-state index in [2.05, 4.69) is 22.9 Å². The molecule has 1 atom stereocenters. The number of rotatable bonds is 3. The van der Waals surface area contributed by atoms with E-state index in [1.54, 1.807) is 0 Å². The van der Waals surface area contributed by atoms with Gasteiger partial charge in [0.2, 0.25) is 0 Å². The van der Waals surface area contributed by atoms with Crippen molar-refractivity contribution in [2.24, 2.45) is 5.73 Å². The molecule has 4 heteroatoms. The molecule has 1 aliphatic rings. The van der Waals surface area contributed by atoms with Crippen LogP contribution in [0.2, 0.25) is 0 Å². The van der Waals surface area contributed by atoms with Gasteiger partial charge in [0.25, 0.3) is 0 Å². The molecular weight excluding hydrogens is 202 g/mol. The molecule has 2 N–H and O–H groups in total. The van der Waals surface area contributed by atoms with Crippen molar-refractivity contribution in [3.63, 3.8) is 0 Å². The van der Waals surface area contributed by atoms with Gasteiger partial charge in [0.05, 0.1) is 13.2 Å². The quantitative estimate of drug-likeness (QED) is 0.826. The highest BCUT2D eigenvalue weighted by atomic mass is 16.5. The lowest BCUT2D eigenvalue weighted by atomic mass is 10.0. The summed E-state index contributed by atoms with van der Waals surface area (Å²) in [4.78, 5) is 6.77. The van der Waals surface area contributed by atoms with Crippen molar-refractivity contribution in [2.45, 2.75) is 12.8 Å². The minimum Gasteiger partial charge on any atom is -0.378 e. The fourth-order valence-electron chi connectivity index (χ4n) is 1.96. The van der Waals surface area contributed by atoms with Crippen molar-refractivity contribution in [2.75, 3.05) is 37.7 Å². The first-order valence-corrected chi connectivity index (χ1v) is 5.80. The summed E-state index contributed by atoms with van der Waals surface area (Å²) in [5.74, 6) is 1.43. The zero-order valence-corrected chi connectivity index (χ0v) is 9.72. The maximum atomic E-state index is 5.73. The van der Waals surface area contributed by atoms with Crippen molar-refractivity contribution in [1.29, 1.82) is 0 Å². The largest absolute Gasteiger partial charge is 0.378 e. The van der Waals surface area contributed by atoms with Crippen LogP contribution in [0, 0.1) is 0 Å². The van der Waals surface area contributed by atoms with E-state index in [0.29, 0.717) is 12.5 Å². The molecule has 1 unspecified atom stereocenters. The molecule has 16 heavy (non-hydrogen) atoms. The summed E-state index contributed by atoms with van der Waals surface area (Å²) in [6, 6.07) is 4.10. The van der Waals surface area contributed by atoms with Gasteiger partial charge in [-0.2, -0.15) is 0 Å². The SMILES string of the molecule is CC(CN)c1cccnc1N1CCOCC1. The lowest BCUT2D eigenvalue weighted by molar-refractivity contribution is 0.122. The van der Waals surface area contributed by atoms with E-state index in [-0.39, 0.29) is 0 Å². The minimum absolute atomic E-state index is 0.353. The fraction of sp³-hybridized carbons (Fsp3) is 0.583. The number of anilines is 1. The smallest absolute Gasteiger partial charge is 0.132 e. The first-order valence-electron chi connectivity index (χ1n) is 5.80. The molecule has 1 aromatic rings.